The summed E-state index contributed by atoms with van der Waals surface area (Å²) in [5.74, 6) is 0.426. The number of hydrogen-bond donors (Lipinski definition) is 1. The fourth-order valence-corrected chi connectivity index (χ4v) is 2.22. The van der Waals surface area contributed by atoms with E-state index in [4.69, 9.17) is 10.6 Å². The minimum Gasteiger partial charge on any atom is -0.389 e. The first kappa shape index (κ1) is 12.6. The number of hydrogen-bond acceptors (Lipinski definition) is 3. The summed E-state index contributed by atoms with van der Waals surface area (Å²) in [5.41, 5.74) is 9.36. The number of benzene rings is 1. The van der Waals surface area contributed by atoms with E-state index in [0.717, 1.165) is 10.4 Å². The average Bonchev–Trinajstić information content (AvgIpc) is 2.87. The second-order valence-electron chi connectivity index (χ2n) is 4.16. The maximum atomic E-state index is 5.81. The van der Waals surface area contributed by atoms with Gasteiger partial charge >= 0.3 is 0 Å². The van der Waals surface area contributed by atoms with Crippen LogP contribution in [0.4, 0.5) is 0 Å². The van der Waals surface area contributed by atoms with Crippen LogP contribution < -0.4 is 5.73 Å². The third-order valence-corrected chi connectivity index (χ3v) is 3.55. The molecule has 0 saturated carbocycles. The van der Waals surface area contributed by atoms with Crippen molar-refractivity contribution in [1.82, 2.24) is 0 Å². The lowest BCUT2D eigenvalue weighted by molar-refractivity contribution is 0.130. The zero-order valence-corrected chi connectivity index (χ0v) is 11.3. The molecule has 3 nitrogen and oxygen atoms in total. The van der Waals surface area contributed by atoms with Gasteiger partial charge in [-0.15, -0.1) is 11.3 Å². The molecule has 18 heavy (non-hydrogen) atoms. The van der Waals surface area contributed by atoms with E-state index in [-0.39, 0.29) is 0 Å². The molecule has 94 valence electrons. The summed E-state index contributed by atoms with van der Waals surface area (Å²) in [5, 5.41) is 5.90. The van der Waals surface area contributed by atoms with Crippen LogP contribution in [0.2, 0.25) is 0 Å². The number of aryl methyl sites for hydroxylation is 2. The molecule has 1 aromatic carbocycles. The standard InChI is InChI=1S/C14H16N2OS/c1-10-5-6-11(2)12(8-10)9-17-16-14(15)13-4-3-7-18-13/h3-8H,9H2,1-2H3,(H2,15,16). The Kier molecular flexibility index (Phi) is 3.99. The first-order chi connectivity index (χ1) is 8.66. The number of oxime groups is 1. The van der Waals surface area contributed by atoms with E-state index >= 15 is 0 Å². The van der Waals surface area contributed by atoms with Gasteiger partial charge in [-0.3, -0.25) is 0 Å². The molecule has 2 rings (SSSR count). The zero-order chi connectivity index (χ0) is 13.0. The highest BCUT2D eigenvalue weighted by Gasteiger charge is 2.01. The number of amidine groups is 1. The molecule has 4 heteroatoms. The monoisotopic (exact) mass is 260 g/mol. The number of thiophene rings is 1. The molecule has 0 fully saturated rings. The van der Waals surface area contributed by atoms with Crippen LogP contribution in [0.1, 0.15) is 21.6 Å². The van der Waals surface area contributed by atoms with E-state index in [1.54, 1.807) is 11.3 Å². The maximum absolute atomic E-state index is 5.81. The lowest BCUT2D eigenvalue weighted by Crippen LogP contribution is -2.12. The van der Waals surface area contributed by atoms with Gasteiger partial charge in [-0.1, -0.05) is 35.0 Å². The molecule has 1 aromatic heterocycles. The molecule has 1 heterocycles. The second kappa shape index (κ2) is 5.69. The zero-order valence-electron chi connectivity index (χ0n) is 10.5. The molecule has 0 unspecified atom stereocenters. The van der Waals surface area contributed by atoms with Crippen molar-refractivity contribution in [1.29, 1.82) is 0 Å². The summed E-state index contributed by atoms with van der Waals surface area (Å²) >= 11 is 1.55. The lowest BCUT2D eigenvalue weighted by Gasteiger charge is -2.06. The molecule has 0 aliphatic heterocycles. The van der Waals surface area contributed by atoms with Crippen LogP contribution in [0, 0.1) is 13.8 Å². The van der Waals surface area contributed by atoms with Gasteiger partial charge in [0, 0.05) is 0 Å². The van der Waals surface area contributed by atoms with Crippen LogP contribution in [0.5, 0.6) is 0 Å². The summed E-state index contributed by atoms with van der Waals surface area (Å²) in [7, 11) is 0. The van der Waals surface area contributed by atoms with Gasteiger partial charge in [-0.25, -0.2) is 0 Å². The third-order valence-electron chi connectivity index (χ3n) is 2.66. The summed E-state index contributed by atoms with van der Waals surface area (Å²) in [6.07, 6.45) is 0. The van der Waals surface area contributed by atoms with Crippen LogP contribution in [0.25, 0.3) is 0 Å². The van der Waals surface area contributed by atoms with Crippen molar-refractivity contribution in [2.75, 3.05) is 0 Å². The van der Waals surface area contributed by atoms with Crippen LogP contribution in [0.3, 0.4) is 0 Å². The lowest BCUT2D eigenvalue weighted by atomic mass is 10.1. The third kappa shape index (κ3) is 3.11. The van der Waals surface area contributed by atoms with Crippen molar-refractivity contribution in [3.05, 3.63) is 57.3 Å². The number of rotatable bonds is 4. The Morgan fingerprint density at radius 2 is 2.17 bits per heavy atom. The predicted octanol–water partition coefficient (Wildman–Crippen LogP) is 3.20. The van der Waals surface area contributed by atoms with Gasteiger partial charge in [0.1, 0.15) is 6.61 Å². The molecular weight excluding hydrogens is 244 g/mol. The summed E-state index contributed by atoms with van der Waals surface area (Å²) in [6.45, 7) is 4.57. The fraction of sp³-hybridized carbons (Fsp3) is 0.214. The van der Waals surface area contributed by atoms with Crippen LogP contribution >= 0.6 is 11.3 Å². The normalized spacial score (nSPS) is 11.6. The van der Waals surface area contributed by atoms with Gasteiger partial charge in [-0.2, -0.15) is 0 Å². The van der Waals surface area contributed by atoms with E-state index < -0.39 is 0 Å². The summed E-state index contributed by atoms with van der Waals surface area (Å²) < 4.78 is 0. The summed E-state index contributed by atoms with van der Waals surface area (Å²) in [6, 6.07) is 10.1. The van der Waals surface area contributed by atoms with E-state index in [2.05, 4.69) is 37.2 Å². The van der Waals surface area contributed by atoms with Crippen molar-refractivity contribution in [3.63, 3.8) is 0 Å². The van der Waals surface area contributed by atoms with Gasteiger partial charge in [0.25, 0.3) is 0 Å². The van der Waals surface area contributed by atoms with Gasteiger partial charge in [0.2, 0.25) is 0 Å². The van der Waals surface area contributed by atoms with Crippen molar-refractivity contribution in [3.8, 4) is 0 Å². The smallest absolute Gasteiger partial charge is 0.180 e. The van der Waals surface area contributed by atoms with Crippen molar-refractivity contribution >= 4 is 17.2 Å². The largest absolute Gasteiger partial charge is 0.389 e. The van der Waals surface area contributed by atoms with Crippen LogP contribution in [0.15, 0.2) is 40.9 Å². The second-order valence-corrected chi connectivity index (χ2v) is 5.10. The van der Waals surface area contributed by atoms with E-state index in [1.165, 1.54) is 11.1 Å². The Morgan fingerprint density at radius 3 is 2.89 bits per heavy atom. The van der Waals surface area contributed by atoms with Crippen molar-refractivity contribution in [2.45, 2.75) is 20.5 Å². The molecule has 0 aliphatic carbocycles. The molecule has 2 aromatic rings. The molecule has 0 spiro atoms. The van der Waals surface area contributed by atoms with Crippen molar-refractivity contribution < 1.29 is 4.84 Å². The minimum absolute atomic E-state index is 0.426. The molecule has 2 N–H and O–H groups in total. The van der Waals surface area contributed by atoms with Crippen molar-refractivity contribution in [2.24, 2.45) is 10.9 Å². The maximum Gasteiger partial charge on any atom is 0.180 e. The number of nitrogens with zero attached hydrogens (tertiary/aromatic N) is 1. The predicted molar refractivity (Wildman–Crippen MR) is 75.7 cm³/mol. The Hall–Kier alpha value is -1.81. The molecule has 0 amide bonds. The molecule has 0 radical (unpaired) electrons. The Morgan fingerprint density at radius 1 is 1.33 bits per heavy atom. The highest BCUT2D eigenvalue weighted by molar-refractivity contribution is 7.12. The van der Waals surface area contributed by atoms with E-state index in [9.17, 15) is 0 Å². The number of nitrogens with two attached hydrogens (primary N) is 1. The SMILES string of the molecule is Cc1ccc(C)c(CO/N=C(/N)c2cccs2)c1. The molecule has 0 atom stereocenters. The Balaban J connectivity index is 2.00. The highest BCUT2D eigenvalue weighted by atomic mass is 32.1. The van der Waals surface area contributed by atoms with Crippen LogP contribution in [-0.2, 0) is 11.4 Å². The first-order valence-corrected chi connectivity index (χ1v) is 6.60. The molecule has 0 saturated heterocycles. The molecule has 0 bridgehead atoms. The highest BCUT2D eigenvalue weighted by Crippen LogP contribution is 2.12. The Bertz CT molecular complexity index is 547. The van der Waals surface area contributed by atoms with Gasteiger partial charge < -0.3 is 10.6 Å². The average molecular weight is 260 g/mol. The van der Waals surface area contributed by atoms with Gasteiger partial charge in [0.05, 0.1) is 4.88 Å². The first-order valence-electron chi connectivity index (χ1n) is 5.72. The van der Waals surface area contributed by atoms with Crippen LogP contribution in [-0.4, -0.2) is 5.84 Å². The fourth-order valence-electron chi connectivity index (χ4n) is 1.60. The summed E-state index contributed by atoms with van der Waals surface area (Å²) in [4.78, 5) is 6.24. The van der Waals surface area contributed by atoms with E-state index in [0.29, 0.717) is 12.4 Å². The topological polar surface area (TPSA) is 47.6 Å². The molecule has 0 aliphatic rings. The minimum atomic E-state index is 0.426. The van der Waals surface area contributed by atoms with Gasteiger partial charge in [0.15, 0.2) is 5.84 Å². The molecular formula is C14H16N2OS. The quantitative estimate of drug-likeness (QED) is 0.521. The van der Waals surface area contributed by atoms with E-state index in [1.807, 2.05) is 17.5 Å². The Labute approximate surface area is 111 Å². The van der Waals surface area contributed by atoms with Gasteiger partial charge in [-0.05, 0) is 36.4 Å².